The Bertz CT molecular complexity index is 567. The smallest absolute Gasteiger partial charge is 0.263 e. The highest BCUT2D eigenvalue weighted by molar-refractivity contribution is 5.88. The molecule has 2 N–H and O–H groups in total. The third-order valence-electron chi connectivity index (χ3n) is 3.69. The second-order valence-corrected chi connectivity index (χ2v) is 4.98. The van der Waals surface area contributed by atoms with Gasteiger partial charge in [0, 0.05) is 12.6 Å². The molecule has 2 aromatic rings. The summed E-state index contributed by atoms with van der Waals surface area (Å²) in [5.41, 5.74) is 7.16. The van der Waals surface area contributed by atoms with Crippen molar-refractivity contribution in [3.8, 4) is 0 Å². The van der Waals surface area contributed by atoms with Crippen LogP contribution in [0.1, 0.15) is 19.0 Å². The lowest BCUT2D eigenvalue weighted by atomic mass is 10.1. The van der Waals surface area contributed by atoms with Gasteiger partial charge in [-0.2, -0.15) is 4.98 Å². The Balaban J connectivity index is 2.06. The van der Waals surface area contributed by atoms with Crippen LogP contribution in [0, 0.1) is 12.8 Å². The zero-order valence-electron chi connectivity index (χ0n) is 10.6. The SMILES string of the molecule is Cc1noc2ncnc(N3CC(CN)CC3C)c12. The van der Waals surface area contributed by atoms with Crippen molar-refractivity contribution in [2.75, 3.05) is 18.0 Å². The number of nitrogens with two attached hydrogens (primary N) is 1. The highest BCUT2D eigenvalue weighted by Crippen LogP contribution is 2.32. The molecule has 1 aliphatic rings. The summed E-state index contributed by atoms with van der Waals surface area (Å²) in [6.07, 6.45) is 2.64. The van der Waals surface area contributed by atoms with Gasteiger partial charge in [-0.1, -0.05) is 5.16 Å². The largest absolute Gasteiger partial charge is 0.353 e. The highest BCUT2D eigenvalue weighted by atomic mass is 16.5. The molecule has 3 rings (SSSR count). The number of fused-ring (bicyclic) bond motifs is 1. The molecule has 0 aromatic carbocycles. The Morgan fingerprint density at radius 2 is 2.33 bits per heavy atom. The molecule has 0 bridgehead atoms. The minimum Gasteiger partial charge on any atom is -0.353 e. The first-order valence-electron chi connectivity index (χ1n) is 6.24. The summed E-state index contributed by atoms with van der Waals surface area (Å²) in [6.45, 7) is 5.78. The molecule has 2 unspecified atom stereocenters. The zero-order valence-corrected chi connectivity index (χ0v) is 10.6. The van der Waals surface area contributed by atoms with Crippen molar-refractivity contribution in [1.82, 2.24) is 15.1 Å². The van der Waals surface area contributed by atoms with E-state index in [9.17, 15) is 0 Å². The van der Waals surface area contributed by atoms with Crippen molar-refractivity contribution in [1.29, 1.82) is 0 Å². The number of aromatic nitrogens is 3. The van der Waals surface area contributed by atoms with Crippen LogP contribution in [0.15, 0.2) is 10.9 Å². The van der Waals surface area contributed by atoms with Gasteiger partial charge in [-0.3, -0.25) is 0 Å². The lowest BCUT2D eigenvalue weighted by Crippen LogP contribution is -2.28. The van der Waals surface area contributed by atoms with E-state index in [4.69, 9.17) is 10.3 Å². The van der Waals surface area contributed by atoms with Crippen LogP contribution in [0.4, 0.5) is 5.82 Å². The van der Waals surface area contributed by atoms with Crippen LogP contribution in [0.2, 0.25) is 0 Å². The van der Waals surface area contributed by atoms with Gasteiger partial charge in [0.05, 0.1) is 5.69 Å². The van der Waals surface area contributed by atoms with Gasteiger partial charge in [-0.25, -0.2) is 4.98 Å². The molecule has 0 saturated carbocycles. The maximum atomic E-state index is 5.77. The normalized spacial score (nSPS) is 24.1. The van der Waals surface area contributed by atoms with Crippen molar-refractivity contribution in [3.63, 3.8) is 0 Å². The summed E-state index contributed by atoms with van der Waals surface area (Å²) in [6, 6.07) is 0.436. The van der Waals surface area contributed by atoms with E-state index in [0.29, 0.717) is 17.7 Å². The molecule has 0 radical (unpaired) electrons. The first-order chi connectivity index (χ1) is 8.70. The molecule has 1 fully saturated rings. The van der Waals surface area contributed by atoms with Crippen molar-refractivity contribution >= 4 is 16.9 Å². The molecule has 1 aliphatic heterocycles. The van der Waals surface area contributed by atoms with E-state index in [-0.39, 0.29) is 0 Å². The number of rotatable bonds is 2. The second-order valence-electron chi connectivity index (χ2n) is 4.98. The standard InChI is InChI=1S/C12H17N5O/c1-7-3-9(4-13)5-17(7)11-10-8(2)16-18-12(10)15-6-14-11/h6-7,9H,3-5,13H2,1-2H3. The van der Waals surface area contributed by atoms with E-state index in [1.807, 2.05) is 6.92 Å². The van der Waals surface area contributed by atoms with E-state index >= 15 is 0 Å². The van der Waals surface area contributed by atoms with Crippen LogP contribution >= 0.6 is 0 Å². The molecule has 0 aliphatic carbocycles. The summed E-state index contributed by atoms with van der Waals surface area (Å²) in [5, 5.41) is 4.88. The molecule has 18 heavy (non-hydrogen) atoms. The van der Waals surface area contributed by atoms with Crippen LogP contribution in [0.5, 0.6) is 0 Å². The van der Waals surface area contributed by atoms with Crippen molar-refractivity contribution in [2.45, 2.75) is 26.3 Å². The van der Waals surface area contributed by atoms with Crippen LogP contribution in [0.25, 0.3) is 11.1 Å². The van der Waals surface area contributed by atoms with Gasteiger partial charge in [0.1, 0.15) is 17.5 Å². The molecule has 3 heterocycles. The Morgan fingerprint density at radius 3 is 3.06 bits per heavy atom. The summed E-state index contributed by atoms with van der Waals surface area (Å²) >= 11 is 0. The van der Waals surface area contributed by atoms with Gasteiger partial charge in [0.15, 0.2) is 0 Å². The van der Waals surface area contributed by atoms with Crippen LogP contribution < -0.4 is 10.6 Å². The van der Waals surface area contributed by atoms with E-state index in [0.717, 1.165) is 36.4 Å². The predicted octanol–water partition coefficient (Wildman–Crippen LogP) is 1.10. The topological polar surface area (TPSA) is 81.1 Å². The Labute approximate surface area is 105 Å². The lowest BCUT2D eigenvalue weighted by Gasteiger charge is -2.22. The van der Waals surface area contributed by atoms with Crippen molar-refractivity contribution in [3.05, 3.63) is 12.0 Å². The maximum Gasteiger partial charge on any atom is 0.263 e. The molecular weight excluding hydrogens is 230 g/mol. The summed E-state index contributed by atoms with van der Waals surface area (Å²) in [5.74, 6) is 1.45. The molecule has 1 saturated heterocycles. The van der Waals surface area contributed by atoms with Gasteiger partial charge in [-0.15, -0.1) is 0 Å². The Hall–Kier alpha value is -1.69. The molecular formula is C12H17N5O. The average molecular weight is 247 g/mol. The molecule has 0 spiro atoms. The number of aryl methyl sites for hydroxylation is 1. The number of hydrogen-bond acceptors (Lipinski definition) is 6. The maximum absolute atomic E-state index is 5.77. The quantitative estimate of drug-likeness (QED) is 0.855. The van der Waals surface area contributed by atoms with Crippen LogP contribution in [-0.4, -0.2) is 34.3 Å². The summed E-state index contributed by atoms with van der Waals surface area (Å²) in [4.78, 5) is 10.8. The number of anilines is 1. The highest BCUT2D eigenvalue weighted by Gasteiger charge is 2.31. The van der Waals surface area contributed by atoms with E-state index in [2.05, 4.69) is 26.9 Å². The summed E-state index contributed by atoms with van der Waals surface area (Å²) < 4.78 is 5.18. The van der Waals surface area contributed by atoms with Gasteiger partial charge < -0.3 is 15.2 Å². The van der Waals surface area contributed by atoms with Crippen LogP contribution in [-0.2, 0) is 0 Å². The fraction of sp³-hybridized carbons (Fsp3) is 0.583. The van der Waals surface area contributed by atoms with Gasteiger partial charge in [0.25, 0.3) is 5.71 Å². The predicted molar refractivity (Wildman–Crippen MR) is 68.3 cm³/mol. The molecule has 0 amide bonds. The lowest BCUT2D eigenvalue weighted by molar-refractivity contribution is 0.442. The first-order valence-corrected chi connectivity index (χ1v) is 6.24. The molecule has 2 atom stereocenters. The zero-order chi connectivity index (χ0) is 12.7. The molecule has 6 nitrogen and oxygen atoms in total. The van der Waals surface area contributed by atoms with E-state index in [1.54, 1.807) is 0 Å². The average Bonchev–Trinajstić information content (AvgIpc) is 2.93. The van der Waals surface area contributed by atoms with Gasteiger partial charge in [0.2, 0.25) is 0 Å². The second kappa shape index (κ2) is 4.20. The first kappa shape index (κ1) is 11.4. The third kappa shape index (κ3) is 1.64. The van der Waals surface area contributed by atoms with E-state index < -0.39 is 0 Å². The Morgan fingerprint density at radius 1 is 1.50 bits per heavy atom. The van der Waals surface area contributed by atoms with Gasteiger partial charge in [-0.05, 0) is 32.7 Å². The minimum atomic E-state index is 0.436. The monoisotopic (exact) mass is 247 g/mol. The fourth-order valence-electron chi connectivity index (χ4n) is 2.73. The summed E-state index contributed by atoms with van der Waals surface area (Å²) in [7, 11) is 0. The molecule has 2 aromatic heterocycles. The van der Waals surface area contributed by atoms with E-state index in [1.165, 1.54) is 6.33 Å². The molecule has 6 heteroatoms. The van der Waals surface area contributed by atoms with Gasteiger partial charge >= 0.3 is 0 Å². The number of nitrogens with zero attached hydrogens (tertiary/aromatic N) is 4. The molecule has 96 valence electrons. The Kier molecular flexibility index (Phi) is 2.66. The van der Waals surface area contributed by atoms with Crippen molar-refractivity contribution in [2.24, 2.45) is 11.7 Å². The number of hydrogen-bond donors (Lipinski definition) is 1. The van der Waals surface area contributed by atoms with Crippen LogP contribution in [0.3, 0.4) is 0 Å². The minimum absolute atomic E-state index is 0.436. The fourth-order valence-corrected chi connectivity index (χ4v) is 2.73. The third-order valence-corrected chi connectivity index (χ3v) is 3.69. The van der Waals surface area contributed by atoms with Crippen molar-refractivity contribution < 1.29 is 4.52 Å².